The predicted molar refractivity (Wildman–Crippen MR) is 88.2 cm³/mol. The summed E-state index contributed by atoms with van der Waals surface area (Å²) in [7, 11) is 0. The second kappa shape index (κ2) is 6.92. The number of carbonyl (C=O) groups is 1. The van der Waals surface area contributed by atoms with Crippen LogP contribution in [-0.4, -0.2) is 30.4 Å². The highest BCUT2D eigenvalue weighted by Gasteiger charge is 2.36. The van der Waals surface area contributed by atoms with Crippen LogP contribution in [0.1, 0.15) is 25.8 Å². The number of halogens is 2. The lowest BCUT2D eigenvalue weighted by Crippen LogP contribution is -2.42. The summed E-state index contributed by atoms with van der Waals surface area (Å²) < 4.78 is 1.01. The molecule has 1 aliphatic heterocycles. The third kappa shape index (κ3) is 3.54. The number of amides is 1. The minimum atomic E-state index is -0.493. The zero-order chi connectivity index (χ0) is 14.0. The second-order valence-corrected chi connectivity index (χ2v) is 6.69. The molecule has 1 aromatic carbocycles. The van der Waals surface area contributed by atoms with Gasteiger partial charge in [0, 0.05) is 17.6 Å². The summed E-state index contributed by atoms with van der Waals surface area (Å²) in [5.74, 6) is 0.656. The van der Waals surface area contributed by atoms with Gasteiger partial charge in [-0.15, -0.1) is 12.4 Å². The highest BCUT2D eigenvalue weighted by molar-refractivity contribution is 9.10. The van der Waals surface area contributed by atoms with Crippen molar-refractivity contribution >= 4 is 34.2 Å². The number of carbonyl (C=O) groups excluding carboxylic acids is 1. The van der Waals surface area contributed by atoms with Crippen LogP contribution >= 0.6 is 28.3 Å². The lowest BCUT2D eigenvalue weighted by molar-refractivity contribution is -0.135. The molecule has 0 radical (unpaired) electrons. The van der Waals surface area contributed by atoms with E-state index in [1.165, 1.54) is 0 Å². The summed E-state index contributed by atoms with van der Waals surface area (Å²) >= 11 is 3.47. The second-order valence-electron chi connectivity index (χ2n) is 5.78. The summed E-state index contributed by atoms with van der Waals surface area (Å²) in [5, 5.41) is 0. The summed E-state index contributed by atoms with van der Waals surface area (Å²) in [6.07, 6.45) is 1.02. The summed E-state index contributed by atoms with van der Waals surface area (Å²) in [5.41, 5.74) is 6.24. The topological polar surface area (TPSA) is 46.3 Å². The Morgan fingerprint density at radius 3 is 2.75 bits per heavy atom. The van der Waals surface area contributed by atoms with Crippen molar-refractivity contribution in [1.29, 1.82) is 0 Å². The van der Waals surface area contributed by atoms with E-state index < -0.39 is 5.41 Å². The SMILES string of the molecule is CC(C)(C(=O)N1CCC(CN)C1)c1cccc(Br)c1.Cl. The van der Waals surface area contributed by atoms with Gasteiger partial charge in [0.2, 0.25) is 5.91 Å². The molecule has 1 atom stereocenters. The van der Waals surface area contributed by atoms with E-state index >= 15 is 0 Å². The van der Waals surface area contributed by atoms with Crippen LogP contribution in [0.4, 0.5) is 0 Å². The minimum Gasteiger partial charge on any atom is -0.342 e. The lowest BCUT2D eigenvalue weighted by Gasteiger charge is -2.30. The van der Waals surface area contributed by atoms with Gasteiger partial charge < -0.3 is 10.6 Å². The van der Waals surface area contributed by atoms with Gasteiger partial charge in [-0.3, -0.25) is 4.79 Å². The van der Waals surface area contributed by atoms with Crippen LogP contribution in [0.15, 0.2) is 28.7 Å². The van der Waals surface area contributed by atoms with E-state index in [1.807, 2.05) is 43.0 Å². The quantitative estimate of drug-likeness (QED) is 0.899. The highest BCUT2D eigenvalue weighted by Crippen LogP contribution is 2.30. The molecular weight excluding hydrogens is 340 g/mol. The molecule has 1 fully saturated rings. The monoisotopic (exact) mass is 360 g/mol. The number of benzene rings is 1. The Kier molecular flexibility index (Phi) is 6.05. The average molecular weight is 362 g/mol. The van der Waals surface area contributed by atoms with Crippen molar-refractivity contribution in [3.63, 3.8) is 0 Å². The number of rotatable bonds is 3. The zero-order valence-electron chi connectivity index (χ0n) is 11.9. The van der Waals surface area contributed by atoms with Crippen molar-refractivity contribution in [2.24, 2.45) is 11.7 Å². The fourth-order valence-corrected chi connectivity index (χ4v) is 3.00. The van der Waals surface area contributed by atoms with Crippen LogP contribution in [0.2, 0.25) is 0 Å². The summed E-state index contributed by atoms with van der Waals surface area (Å²) in [4.78, 5) is 14.7. The fourth-order valence-electron chi connectivity index (χ4n) is 2.61. The molecule has 1 amide bonds. The van der Waals surface area contributed by atoms with Crippen molar-refractivity contribution in [3.05, 3.63) is 34.3 Å². The van der Waals surface area contributed by atoms with E-state index in [1.54, 1.807) is 0 Å². The van der Waals surface area contributed by atoms with Crippen molar-refractivity contribution < 1.29 is 4.79 Å². The third-order valence-electron chi connectivity index (χ3n) is 3.99. The first kappa shape index (κ1) is 17.5. The lowest BCUT2D eigenvalue weighted by atomic mass is 9.83. The smallest absolute Gasteiger partial charge is 0.232 e. The van der Waals surface area contributed by atoms with Gasteiger partial charge in [0.25, 0.3) is 0 Å². The van der Waals surface area contributed by atoms with Gasteiger partial charge in [-0.2, -0.15) is 0 Å². The van der Waals surface area contributed by atoms with Crippen molar-refractivity contribution in [2.45, 2.75) is 25.7 Å². The normalized spacial score (nSPS) is 18.8. The maximum atomic E-state index is 12.7. The van der Waals surface area contributed by atoms with E-state index in [9.17, 15) is 4.79 Å². The van der Waals surface area contributed by atoms with Gasteiger partial charge in [0.1, 0.15) is 0 Å². The molecule has 1 aliphatic rings. The average Bonchev–Trinajstić information content (AvgIpc) is 2.86. The van der Waals surface area contributed by atoms with Gasteiger partial charge in [0.15, 0.2) is 0 Å². The first-order valence-corrected chi connectivity index (χ1v) is 7.50. The minimum absolute atomic E-state index is 0. The molecule has 1 saturated heterocycles. The molecule has 0 aliphatic carbocycles. The standard InChI is InChI=1S/C15H21BrN2O.ClH/c1-15(2,12-4-3-5-13(16)8-12)14(19)18-7-6-11(9-17)10-18;/h3-5,8,11H,6-7,9-10,17H2,1-2H3;1H. The number of nitrogens with zero attached hydrogens (tertiary/aromatic N) is 1. The van der Waals surface area contributed by atoms with Crippen LogP contribution in [0, 0.1) is 5.92 Å². The maximum absolute atomic E-state index is 12.7. The molecule has 3 nitrogen and oxygen atoms in total. The largest absolute Gasteiger partial charge is 0.342 e. The van der Waals surface area contributed by atoms with Gasteiger partial charge >= 0.3 is 0 Å². The van der Waals surface area contributed by atoms with Crippen LogP contribution in [0.5, 0.6) is 0 Å². The molecule has 1 aromatic rings. The number of nitrogens with two attached hydrogens (primary N) is 1. The Bertz CT molecular complexity index is 479. The third-order valence-corrected chi connectivity index (χ3v) is 4.48. The number of likely N-dealkylation sites (tertiary alicyclic amines) is 1. The Hall–Kier alpha value is -0.580. The van der Waals surface area contributed by atoms with E-state index in [2.05, 4.69) is 15.9 Å². The first-order chi connectivity index (χ1) is 8.95. The van der Waals surface area contributed by atoms with Gasteiger partial charge in [0.05, 0.1) is 5.41 Å². The molecule has 0 bridgehead atoms. The Labute approximate surface area is 135 Å². The molecule has 5 heteroatoms. The fraction of sp³-hybridized carbons (Fsp3) is 0.533. The zero-order valence-corrected chi connectivity index (χ0v) is 14.3. The summed E-state index contributed by atoms with van der Waals surface area (Å²) in [6, 6.07) is 7.99. The van der Waals surface area contributed by atoms with Crippen molar-refractivity contribution in [2.75, 3.05) is 19.6 Å². The molecule has 1 unspecified atom stereocenters. The molecule has 2 N–H and O–H groups in total. The molecule has 112 valence electrons. The van der Waals surface area contributed by atoms with E-state index in [0.29, 0.717) is 12.5 Å². The molecule has 20 heavy (non-hydrogen) atoms. The van der Waals surface area contributed by atoms with E-state index in [0.717, 1.165) is 29.5 Å². The summed E-state index contributed by atoms with van der Waals surface area (Å²) in [6.45, 7) is 6.28. The Morgan fingerprint density at radius 2 is 2.20 bits per heavy atom. The highest BCUT2D eigenvalue weighted by atomic mass is 79.9. The van der Waals surface area contributed by atoms with Gasteiger partial charge in [-0.25, -0.2) is 0 Å². The van der Waals surface area contributed by atoms with Crippen LogP contribution in [0.3, 0.4) is 0 Å². The van der Waals surface area contributed by atoms with Crippen LogP contribution in [-0.2, 0) is 10.2 Å². The predicted octanol–water partition coefficient (Wildman–Crippen LogP) is 2.96. The van der Waals surface area contributed by atoms with Crippen LogP contribution < -0.4 is 5.73 Å². The Balaban J connectivity index is 0.00000200. The molecular formula is C15H22BrClN2O. The molecule has 0 saturated carbocycles. The number of hydrogen-bond acceptors (Lipinski definition) is 2. The first-order valence-electron chi connectivity index (χ1n) is 6.70. The van der Waals surface area contributed by atoms with Crippen molar-refractivity contribution in [1.82, 2.24) is 4.90 Å². The molecule has 0 aromatic heterocycles. The molecule has 1 heterocycles. The van der Waals surface area contributed by atoms with Crippen LogP contribution in [0.25, 0.3) is 0 Å². The maximum Gasteiger partial charge on any atom is 0.232 e. The molecule has 2 rings (SSSR count). The Morgan fingerprint density at radius 1 is 1.50 bits per heavy atom. The van der Waals surface area contributed by atoms with Crippen molar-refractivity contribution in [3.8, 4) is 0 Å². The van der Waals surface area contributed by atoms with E-state index in [4.69, 9.17) is 5.73 Å². The van der Waals surface area contributed by atoms with Gasteiger partial charge in [-0.1, -0.05) is 28.1 Å². The number of hydrogen-bond donors (Lipinski definition) is 1. The van der Waals surface area contributed by atoms with Gasteiger partial charge in [-0.05, 0) is 50.4 Å². The molecule has 0 spiro atoms. The van der Waals surface area contributed by atoms with E-state index in [-0.39, 0.29) is 18.3 Å².